The maximum atomic E-state index is 9.54. The number of unbranched alkanes of at least 4 members (excludes halogenated alkanes) is 1. The SMILES string of the molecule is CCCCC(O)C#Cc1cc(Cl)cc(Cl)c1. The summed E-state index contributed by atoms with van der Waals surface area (Å²) in [7, 11) is 0. The van der Waals surface area contributed by atoms with Crippen molar-refractivity contribution in [1.82, 2.24) is 0 Å². The minimum Gasteiger partial charge on any atom is -0.380 e. The van der Waals surface area contributed by atoms with Gasteiger partial charge in [0, 0.05) is 15.6 Å². The summed E-state index contributed by atoms with van der Waals surface area (Å²) in [5.41, 5.74) is 0.730. The standard InChI is InChI=1S/C13H14Cl2O/c1-2-3-4-13(16)6-5-10-7-11(14)9-12(15)8-10/h7-9,13,16H,2-4H2,1H3. The summed E-state index contributed by atoms with van der Waals surface area (Å²) in [6, 6.07) is 5.11. The highest BCUT2D eigenvalue weighted by Crippen LogP contribution is 2.18. The highest BCUT2D eigenvalue weighted by molar-refractivity contribution is 6.34. The molecule has 1 nitrogen and oxygen atoms in total. The van der Waals surface area contributed by atoms with Crippen molar-refractivity contribution in [3.05, 3.63) is 33.8 Å². The number of aliphatic hydroxyl groups excluding tert-OH is 1. The van der Waals surface area contributed by atoms with Crippen molar-refractivity contribution >= 4 is 23.2 Å². The predicted molar refractivity (Wildman–Crippen MR) is 68.9 cm³/mol. The van der Waals surface area contributed by atoms with Crippen molar-refractivity contribution in [2.24, 2.45) is 0 Å². The molecule has 1 aromatic rings. The van der Waals surface area contributed by atoms with Crippen LogP contribution in [0.2, 0.25) is 10.0 Å². The molecule has 0 aliphatic carbocycles. The molecule has 1 atom stereocenters. The fraction of sp³-hybridized carbons (Fsp3) is 0.385. The number of hydrogen-bond donors (Lipinski definition) is 1. The topological polar surface area (TPSA) is 20.2 Å². The van der Waals surface area contributed by atoms with Gasteiger partial charge in [-0.2, -0.15) is 0 Å². The van der Waals surface area contributed by atoms with E-state index in [0.29, 0.717) is 16.5 Å². The van der Waals surface area contributed by atoms with Crippen molar-refractivity contribution in [3.63, 3.8) is 0 Å². The third-order valence-corrected chi connectivity index (χ3v) is 2.51. The van der Waals surface area contributed by atoms with Gasteiger partial charge in [-0.15, -0.1) is 0 Å². The Morgan fingerprint density at radius 3 is 2.44 bits per heavy atom. The second-order valence-electron chi connectivity index (χ2n) is 3.59. The van der Waals surface area contributed by atoms with Crippen LogP contribution in [0, 0.1) is 11.8 Å². The van der Waals surface area contributed by atoms with Crippen LogP contribution in [0.1, 0.15) is 31.7 Å². The Hall–Kier alpha value is -0.680. The number of hydrogen-bond acceptors (Lipinski definition) is 1. The number of rotatable bonds is 3. The van der Waals surface area contributed by atoms with Crippen LogP contribution in [0.15, 0.2) is 18.2 Å². The van der Waals surface area contributed by atoms with Gasteiger partial charge in [0.2, 0.25) is 0 Å². The predicted octanol–water partition coefficient (Wildman–Crippen LogP) is 3.90. The normalized spacial score (nSPS) is 11.8. The monoisotopic (exact) mass is 256 g/mol. The fourth-order valence-corrected chi connectivity index (χ4v) is 1.79. The minimum absolute atomic E-state index is 0.555. The zero-order chi connectivity index (χ0) is 12.0. The molecule has 86 valence electrons. The maximum absolute atomic E-state index is 9.54. The lowest BCUT2D eigenvalue weighted by Gasteiger charge is -2.00. The van der Waals surface area contributed by atoms with Crippen molar-refractivity contribution in [2.45, 2.75) is 32.3 Å². The highest BCUT2D eigenvalue weighted by Gasteiger charge is 1.98. The first-order valence-corrected chi connectivity index (χ1v) is 6.03. The molecule has 0 amide bonds. The van der Waals surface area contributed by atoms with Gasteiger partial charge in [-0.1, -0.05) is 54.8 Å². The average Bonchev–Trinajstić information content (AvgIpc) is 2.22. The van der Waals surface area contributed by atoms with Crippen LogP contribution in [-0.2, 0) is 0 Å². The van der Waals surface area contributed by atoms with Gasteiger partial charge in [0.1, 0.15) is 6.10 Å². The zero-order valence-corrected chi connectivity index (χ0v) is 10.6. The van der Waals surface area contributed by atoms with E-state index in [1.54, 1.807) is 18.2 Å². The van der Waals surface area contributed by atoms with Crippen LogP contribution in [0.4, 0.5) is 0 Å². The van der Waals surface area contributed by atoms with Gasteiger partial charge in [-0.3, -0.25) is 0 Å². The fourth-order valence-electron chi connectivity index (χ4n) is 1.26. The molecule has 1 unspecified atom stereocenters. The van der Waals surface area contributed by atoms with E-state index < -0.39 is 6.10 Å². The third-order valence-electron chi connectivity index (χ3n) is 2.08. The van der Waals surface area contributed by atoms with Gasteiger partial charge in [0.25, 0.3) is 0 Å². The van der Waals surface area contributed by atoms with Crippen LogP contribution in [0.25, 0.3) is 0 Å². The smallest absolute Gasteiger partial charge is 0.115 e. The van der Waals surface area contributed by atoms with Gasteiger partial charge in [-0.25, -0.2) is 0 Å². The number of aliphatic hydroxyl groups is 1. The summed E-state index contributed by atoms with van der Waals surface area (Å²) in [5.74, 6) is 5.64. The van der Waals surface area contributed by atoms with Gasteiger partial charge < -0.3 is 5.11 Å². The van der Waals surface area contributed by atoms with Crippen LogP contribution in [0.3, 0.4) is 0 Å². The molecule has 0 heterocycles. The Morgan fingerprint density at radius 1 is 1.25 bits per heavy atom. The molecule has 0 spiro atoms. The molecule has 1 aromatic carbocycles. The second-order valence-corrected chi connectivity index (χ2v) is 4.46. The van der Waals surface area contributed by atoms with E-state index in [9.17, 15) is 5.11 Å². The molecule has 0 saturated carbocycles. The van der Waals surface area contributed by atoms with Crippen LogP contribution < -0.4 is 0 Å². The van der Waals surface area contributed by atoms with Gasteiger partial charge in [0.05, 0.1) is 0 Å². The van der Waals surface area contributed by atoms with Crippen molar-refractivity contribution in [1.29, 1.82) is 0 Å². The first kappa shape index (κ1) is 13.4. The molecule has 16 heavy (non-hydrogen) atoms. The second kappa shape index (κ2) is 6.81. The summed E-state index contributed by atoms with van der Waals surface area (Å²) < 4.78 is 0. The average molecular weight is 257 g/mol. The van der Waals surface area contributed by atoms with E-state index in [1.807, 2.05) is 0 Å². The summed E-state index contributed by atoms with van der Waals surface area (Å²) in [6.07, 6.45) is 2.17. The highest BCUT2D eigenvalue weighted by atomic mass is 35.5. The summed E-state index contributed by atoms with van der Waals surface area (Å²) in [4.78, 5) is 0. The first-order chi connectivity index (χ1) is 7.61. The zero-order valence-electron chi connectivity index (χ0n) is 9.13. The molecule has 0 radical (unpaired) electrons. The van der Waals surface area contributed by atoms with E-state index in [1.165, 1.54) is 0 Å². The summed E-state index contributed by atoms with van der Waals surface area (Å²) in [5, 5.41) is 10.7. The van der Waals surface area contributed by atoms with Crippen molar-refractivity contribution in [3.8, 4) is 11.8 Å². The number of benzene rings is 1. The molecule has 1 rings (SSSR count). The maximum Gasteiger partial charge on any atom is 0.115 e. The van der Waals surface area contributed by atoms with Crippen LogP contribution in [0.5, 0.6) is 0 Å². The van der Waals surface area contributed by atoms with Crippen molar-refractivity contribution in [2.75, 3.05) is 0 Å². The minimum atomic E-state index is -0.572. The molecule has 0 aliphatic heterocycles. The Morgan fingerprint density at radius 2 is 1.88 bits per heavy atom. The molecule has 0 bridgehead atoms. The van der Waals surface area contributed by atoms with Gasteiger partial charge >= 0.3 is 0 Å². The molecular weight excluding hydrogens is 243 g/mol. The molecule has 0 saturated heterocycles. The lowest BCUT2D eigenvalue weighted by atomic mass is 10.1. The van der Waals surface area contributed by atoms with Crippen LogP contribution >= 0.6 is 23.2 Å². The van der Waals surface area contributed by atoms with E-state index in [0.717, 1.165) is 18.4 Å². The Labute approximate surface area is 106 Å². The van der Waals surface area contributed by atoms with Crippen LogP contribution in [-0.4, -0.2) is 11.2 Å². The van der Waals surface area contributed by atoms with E-state index in [4.69, 9.17) is 23.2 Å². The van der Waals surface area contributed by atoms with E-state index in [-0.39, 0.29) is 0 Å². The van der Waals surface area contributed by atoms with Crippen molar-refractivity contribution < 1.29 is 5.11 Å². The molecule has 1 N–H and O–H groups in total. The van der Waals surface area contributed by atoms with Gasteiger partial charge in [-0.05, 0) is 24.6 Å². The lowest BCUT2D eigenvalue weighted by Crippen LogP contribution is -2.01. The molecule has 0 aliphatic rings. The number of halogens is 2. The summed E-state index contributed by atoms with van der Waals surface area (Å²) in [6.45, 7) is 2.08. The van der Waals surface area contributed by atoms with Gasteiger partial charge in [0.15, 0.2) is 0 Å². The van der Waals surface area contributed by atoms with E-state index >= 15 is 0 Å². The molecule has 3 heteroatoms. The largest absolute Gasteiger partial charge is 0.380 e. The Bertz CT molecular complexity index is 384. The molecule has 0 aromatic heterocycles. The Kier molecular flexibility index (Phi) is 5.69. The van der Waals surface area contributed by atoms with E-state index in [2.05, 4.69) is 18.8 Å². The lowest BCUT2D eigenvalue weighted by molar-refractivity contribution is 0.218. The third kappa shape index (κ3) is 4.90. The molecule has 0 fully saturated rings. The summed E-state index contributed by atoms with van der Waals surface area (Å²) >= 11 is 11.7. The Balaban J connectivity index is 2.68. The quantitative estimate of drug-likeness (QED) is 0.814. The first-order valence-electron chi connectivity index (χ1n) is 5.27. The molecular formula is C13H14Cl2O.